The number of sulfonamides is 1. The van der Waals surface area contributed by atoms with E-state index in [1.807, 2.05) is 13.1 Å². The third kappa shape index (κ3) is 3.04. The van der Waals surface area contributed by atoms with Crippen LogP contribution in [-0.2, 0) is 14.8 Å². The lowest BCUT2D eigenvalue weighted by Crippen LogP contribution is -2.57. The van der Waals surface area contributed by atoms with Crippen molar-refractivity contribution >= 4 is 15.9 Å². The number of amides is 1. The van der Waals surface area contributed by atoms with Crippen LogP contribution in [0.15, 0.2) is 35.2 Å². The molecule has 1 saturated heterocycles. The third-order valence-corrected chi connectivity index (χ3v) is 10.5. The van der Waals surface area contributed by atoms with E-state index in [-0.39, 0.29) is 16.9 Å². The second-order valence-electron chi connectivity index (χ2n) is 10.1. The van der Waals surface area contributed by atoms with Gasteiger partial charge < -0.3 is 10.6 Å². The Kier molecular flexibility index (Phi) is 4.99. The fourth-order valence-corrected chi connectivity index (χ4v) is 8.71. The summed E-state index contributed by atoms with van der Waals surface area (Å²) < 4.78 is 27.2. The van der Waals surface area contributed by atoms with E-state index in [2.05, 4.69) is 10.6 Å². The van der Waals surface area contributed by atoms with Gasteiger partial charge >= 0.3 is 0 Å². The molecule has 1 heterocycles. The second kappa shape index (κ2) is 7.31. The number of hydrogen-bond acceptors (Lipinski definition) is 4. The summed E-state index contributed by atoms with van der Waals surface area (Å²) in [7, 11) is -1.39. The van der Waals surface area contributed by atoms with Crippen LogP contribution in [0.1, 0.15) is 44.9 Å². The Morgan fingerprint density at radius 2 is 1.70 bits per heavy atom. The molecule has 0 spiro atoms. The first-order chi connectivity index (χ1) is 14.4. The van der Waals surface area contributed by atoms with Gasteiger partial charge in [-0.1, -0.05) is 18.2 Å². The van der Waals surface area contributed by atoms with Crippen LogP contribution in [0.25, 0.3) is 0 Å². The summed E-state index contributed by atoms with van der Waals surface area (Å²) in [4.78, 5) is 13.7. The van der Waals surface area contributed by atoms with Crippen molar-refractivity contribution in [2.75, 3.05) is 26.7 Å². The molecular formula is C23H33N3O3S. The van der Waals surface area contributed by atoms with Crippen molar-refractivity contribution in [2.45, 2.75) is 55.4 Å². The Morgan fingerprint density at radius 3 is 2.30 bits per heavy atom. The number of carbonyl (C=O) groups is 1. The van der Waals surface area contributed by atoms with Gasteiger partial charge in [-0.05, 0) is 81.9 Å². The summed E-state index contributed by atoms with van der Waals surface area (Å²) in [5, 5.41) is 6.86. The van der Waals surface area contributed by atoms with E-state index in [0.717, 1.165) is 38.5 Å². The molecule has 5 aliphatic rings. The van der Waals surface area contributed by atoms with Gasteiger partial charge in [0.15, 0.2) is 0 Å². The van der Waals surface area contributed by atoms with Crippen molar-refractivity contribution in [3.05, 3.63) is 30.3 Å². The van der Waals surface area contributed by atoms with Crippen LogP contribution in [0.3, 0.4) is 0 Å². The normalized spacial score (nSPS) is 36.3. The Hall–Kier alpha value is -1.44. The number of benzene rings is 1. The van der Waals surface area contributed by atoms with E-state index < -0.39 is 10.0 Å². The van der Waals surface area contributed by atoms with E-state index in [4.69, 9.17) is 0 Å². The predicted molar refractivity (Wildman–Crippen MR) is 115 cm³/mol. The molecule has 1 amide bonds. The molecule has 6 nitrogen and oxygen atoms in total. The van der Waals surface area contributed by atoms with Crippen molar-refractivity contribution in [2.24, 2.45) is 23.2 Å². The van der Waals surface area contributed by atoms with Gasteiger partial charge in [-0.15, -0.1) is 0 Å². The maximum absolute atomic E-state index is 13.4. The number of nitrogens with zero attached hydrogens (tertiary/aromatic N) is 1. The van der Waals surface area contributed by atoms with Crippen LogP contribution < -0.4 is 10.6 Å². The second-order valence-corrected chi connectivity index (χ2v) is 12.0. The van der Waals surface area contributed by atoms with Crippen LogP contribution in [-0.4, -0.2) is 50.9 Å². The molecule has 4 bridgehead atoms. The Labute approximate surface area is 179 Å². The molecule has 4 aliphatic carbocycles. The molecule has 2 N–H and O–H groups in total. The topological polar surface area (TPSA) is 78.5 Å². The van der Waals surface area contributed by atoms with Gasteiger partial charge in [-0.25, -0.2) is 8.42 Å². The molecule has 1 aromatic rings. The van der Waals surface area contributed by atoms with Crippen molar-refractivity contribution in [3.63, 3.8) is 0 Å². The lowest BCUT2D eigenvalue weighted by Gasteiger charge is -2.40. The number of piperidine rings is 1. The molecule has 5 fully saturated rings. The Bertz CT molecular complexity index is 895. The lowest BCUT2D eigenvalue weighted by molar-refractivity contribution is -0.134. The average molecular weight is 432 g/mol. The summed E-state index contributed by atoms with van der Waals surface area (Å²) in [6.07, 6.45) is 7.23. The molecule has 1 aromatic carbocycles. The summed E-state index contributed by atoms with van der Waals surface area (Å²) in [5.41, 5.74) is -0.232. The van der Waals surface area contributed by atoms with Gasteiger partial charge in [-0.2, -0.15) is 4.31 Å². The van der Waals surface area contributed by atoms with Gasteiger partial charge in [0.2, 0.25) is 15.9 Å². The molecular weight excluding hydrogens is 398 g/mol. The Morgan fingerprint density at radius 1 is 1.07 bits per heavy atom. The minimum atomic E-state index is -3.42. The van der Waals surface area contributed by atoms with Crippen LogP contribution in [0.4, 0.5) is 0 Å². The monoisotopic (exact) mass is 431 g/mol. The molecule has 7 heteroatoms. The first-order valence-corrected chi connectivity index (χ1v) is 12.8. The number of rotatable bonds is 6. The quantitative estimate of drug-likeness (QED) is 0.725. The Balaban J connectivity index is 1.18. The van der Waals surface area contributed by atoms with Gasteiger partial charge in [0.25, 0.3) is 0 Å². The SMILES string of the molecule is CNC12CC3CC(C1)CC2(C(=O)NCC1CCN(S(=O)(=O)c2ccccc2)CC1)C3. The highest BCUT2D eigenvalue weighted by Gasteiger charge is 2.69. The number of carbonyl (C=O) groups excluding carboxylic acids is 1. The van der Waals surface area contributed by atoms with Crippen LogP contribution >= 0.6 is 0 Å². The molecule has 4 saturated carbocycles. The van der Waals surface area contributed by atoms with Gasteiger partial charge in [0, 0.05) is 25.2 Å². The minimum absolute atomic E-state index is 0.00219. The maximum Gasteiger partial charge on any atom is 0.243 e. The molecule has 0 radical (unpaired) electrons. The van der Waals surface area contributed by atoms with E-state index in [0.29, 0.717) is 42.3 Å². The first-order valence-electron chi connectivity index (χ1n) is 11.4. The van der Waals surface area contributed by atoms with Crippen molar-refractivity contribution in [1.82, 2.24) is 14.9 Å². The van der Waals surface area contributed by atoms with E-state index in [1.54, 1.807) is 28.6 Å². The molecule has 0 aromatic heterocycles. The maximum atomic E-state index is 13.4. The van der Waals surface area contributed by atoms with Gasteiger partial charge in [-0.3, -0.25) is 4.79 Å². The summed E-state index contributed by atoms with van der Waals surface area (Å²) >= 11 is 0. The smallest absolute Gasteiger partial charge is 0.243 e. The van der Waals surface area contributed by atoms with Gasteiger partial charge in [0.1, 0.15) is 0 Å². The highest BCUT2D eigenvalue weighted by molar-refractivity contribution is 7.89. The molecule has 2 unspecified atom stereocenters. The molecule has 6 rings (SSSR count). The zero-order valence-electron chi connectivity index (χ0n) is 17.8. The van der Waals surface area contributed by atoms with Crippen LogP contribution in [0.5, 0.6) is 0 Å². The summed E-state index contributed by atoms with van der Waals surface area (Å²) in [6.45, 7) is 1.70. The zero-order chi connectivity index (χ0) is 21.0. The highest BCUT2D eigenvalue weighted by atomic mass is 32.2. The van der Waals surface area contributed by atoms with Crippen molar-refractivity contribution in [3.8, 4) is 0 Å². The third-order valence-electron chi connectivity index (χ3n) is 8.55. The molecule has 2 atom stereocenters. The van der Waals surface area contributed by atoms with E-state index >= 15 is 0 Å². The molecule has 30 heavy (non-hydrogen) atoms. The lowest BCUT2D eigenvalue weighted by atomic mass is 9.72. The fraction of sp³-hybridized carbons (Fsp3) is 0.696. The van der Waals surface area contributed by atoms with Crippen LogP contribution in [0.2, 0.25) is 0 Å². The standard InChI is InChI=1S/C23H33N3O3S/c1-24-23-14-18-11-19(15-23)13-22(23,12-18)21(27)25-16-17-7-9-26(10-8-17)30(28,29)20-5-3-2-4-6-20/h2-6,17-19,24H,7-16H2,1H3,(H,25,27). The largest absolute Gasteiger partial charge is 0.355 e. The first kappa shape index (κ1) is 20.5. The molecule has 164 valence electrons. The fourth-order valence-electron chi connectivity index (χ4n) is 7.22. The van der Waals surface area contributed by atoms with Gasteiger partial charge in [0.05, 0.1) is 10.3 Å². The van der Waals surface area contributed by atoms with E-state index in [9.17, 15) is 13.2 Å². The average Bonchev–Trinajstić information content (AvgIpc) is 3.13. The van der Waals surface area contributed by atoms with Crippen molar-refractivity contribution < 1.29 is 13.2 Å². The minimum Gasteiger partial charge on any atom is -0.355 e. The molecule has 1 aliphatic heterocycles. The van der Waals surface area contributed by atoms with E-state index in [1.165, 1.54) is 6.42 Å². The number of hydrogen-bond donors (Lipinski definition) is 2. The summed E-state index contributed by atoms with van der Waals surface area (Å²) in [5.74, 6) is 1.97. The zero-order valence-corrected chi connectivity index (χ0v) is 18.6. The predicted octanol–water partition coefficient (Wildman–Crippen LogP) is 2.37. The summed E-state index contributed by atoms with van der Waals surface area (Å²) in [6, 6.07) is 8.66. The van der Waals surface area contributed by atoms with Crippen molar-refractivity contribution in [1.29, 1.82) is 0 Å². The van der Waals surface area contributed by atoms with Crippen LogP contribution in [0, 0.1) is 23.2 Å². The number of nitrogens with one attached hydrogen (secondary N) is 2. The highest BCUT2D eigenvalue weighted by Crippen LogP contribution is 2.67.